The molecule has 2 aromatic rings. The van der Waals surface area contributed by atoms with E-state index in [1.165, 1.54) is 4.90 Å². The van der Waals surface area contributed by atoms with Gasteiger partial charge in [-0.1, -0.05) is 73.1 Å². The van der Waals surface area contributed by atoms with Crippen molar-refractivity contribution in [2.45, 2.75) is 56.4 Å². The van der Waals surface area contributed by atoms with Crippen LogP contribution in [0.3, 0.4) is 0 Å². The molecule has 2 aromatic carbocycles. The van der Waals surface area contributed by atoms with Crippen molar-refractivity contribution in [2.24, 2.45) is 11.8 Å². The highest BCUT2D eigenvalue weighted by atomic mass is 35.5. The maximum atomic E-state index is 14.7. The number of rotatable bonds is 13. The number of hydrogen-bond acceptors (Lipinski definition) is 5. The van der Waals surface area contributed by atoms with Crippen LogP contribution in [-0.2, 0) is 25.7 Å². The summed E-state index contributed by atoms with van der Waals surface area (Å²) in [5.41, 5.74) is -0.582. The molecule has 0 aromatic heterocycles. The van der Waals surface area contributed by atoms with Crippen molar-refractivity contribution in [2.75, 3.05) is 31.1 Å². The minimum Gasteiger partial charge on any atom is -0.396 e. The second-order valence-corrected chi connectivity index (χ2v) is 12.0. The third kappa shape index (κ3) is 5.19. The quantitative estimate of drug-likeness (QED) is 0.337. The molecule has 5 atom stereocenters. The number of para-hydroxylation sites is 1. The molecule has 0 radical (unpaired) electrons. The Morgan fingerprint density at radius 3 is 2.42 bits per heavy atom. The van der Waals surface area contributed by atoms with E-state index in [-0.39, 0.29) is 37.4 Å². The zero-order chi connectivity index (χ0) is 30.8. The van der Waals surface area contributed by atoms with E-state index in [0.29, 0.717) is 49.5 Å². The van der Waals surface area contributed by atoms with E-state index in [2.05, 4.69) is 13.2 Å². The molecule has 3 saturated heterocycles. The molecule has 5 rings (SSSR count). The smallest absolute Gasteiger partial charge is 0.253 e. The van der Waals surface area contributed by atoms with Crippen LogP contribution in [0, 0.1) is 11.8 Å². The van der Waals surface area contributed by atoms with Gasteiger partial charge < -0.3 is 24.5 Å². The lowest BCUT2D eigenvalue weighted by atomic mass is 9.64. The Morgan fingerprint density at radius 1 is 1.07 bits per heavy atom. The Hall–Kier alpha value is -3.46. The first-order valence-corrected chi connectivity index (χ1v) is 15.4. The molecule has 1 N–H and O–H groups in total. The lowest BCUT2D eigenvalue weighted by Gasteiger charge is -2.37. The third-order valence-corrected chi connectivity index (χ3v) is 9.66. The van der Waals surface area contributed by atoms with Gasteiger partial charge in [0.15, 0.2) is 0 Å². The molecular weight excluding hydrogens is 566 g/mol. The number of hydrogen-bond donors (Lipinski definition) is 1. The van der Waals surface area contributed by atoms with Crippen molar-refractivity contribution in [1.82, 2.24) is 9.80 Å². The first-order valence-electron chi connectivity index (χ1n) is 15.0. The van der Waals surface area contributed by atoms with Crippen LogP contribution >= 0.6 is 11.6 Å². The summed E-state index contributed by atoms with van der Waals surface area (Å²) < 4.78 is 6.94. The molecular formula is C34H40ClN3O5. The summed E-state index contributed by atoms with van der Waals surface area (Å²) >= 11 is 6.55. The molecule has 2 bridgehead atoms. The lowest BCUT2D eigenvalue weighted by Crippen LogP contribution is -2.56. The number of ether oxygens (including phenoxy) is 1. The second-order valence-electron chi connectivity index (χ2n) is 11.6. The topological polar surface area (TPSA) is 90.4 Å². The van der Waals surface area contributed by atoms with Gasteiger partial charge in [-0.15, -0.1) is 13.2 Å². The van der Waals surface area contributed by atoms with Crippen LogP contribution in [0.25, 0.3) is 0 Å². The van der Waals surface area contributed by atoms with E-state index in [0.717, 1.165) is 5.56 Å². The number of nitrogens with zero attached hydrogens (tertiary/aromatic N) is 3. The molecule has 1 spiro atoms. The monoisotopic (exact) mass is 605 g/mol. The van der Waals surface area contributed by atoms with Gasteiger partial charge in [0.1, 0.15) is 11.6 Å². The van der Waals surface area contributed by atoms with Gasteiger partial charge in [0.25, 0.3) is 5.91 Å². The standard InChI is InChI=1S/C34H40ClN3O5/c1-4-19-36(23-24-13-8-7-9-14-24)30(40)27-28-31(41)38(21-12-22-39)29(34(28)18-17-33(27,6-3)43-34)32(42)37(20-5-2)26-16-11-10-15-25(26)35/h4-5,7-11,13-16,27-29,39H,1-2,6,12,17-23H2,3H3/t27-,28-,29?,33+,34?/m0/s1. The maximum Gasteiger partial charge on any atom is 0.253 e. The van der Waals surface area contributed by atoms with Crippen molar-refractivity contribution in [3.05, 3.63) is 90.5 Å². The van der Waals surface area contributed by atoms with Crippen LogP contribution in [0.5, 0.6) is 0 Å². The number of carbonyl (C=O) groups excluding carboxylic acids is 3. The Balaban J connectivity index is 1.58. The van der Waals surface area contributed by atoms with Crippen LogP contribution < -0.4 is 4.90 Å². The van der Waals surface area contributed by atoms with Gasteiger partial charge in [0.2, 0.25) is 11.8 Å². The number of halogens is 1. The highest BCUT2D eigenvalue weighted by Gasteiger charge is 2.79. The summed E-state index contributed by atoms with van der Waals surface area (Å²) in [5, 5.41) is 10.1. The molecule has 9 heteroatoms. The second kappa shape index (κ2) is 12.6. The van der Waals surface area contributed by atoms with Crippen molar-refractivity contribution in [1.29, 1.82) is 0 Å². The van der Waals surface area contributed by atoms with Gasteiger partial charge in [0, 0.05) is 32.8 Å². The van der Waals surface area contributed by atoms with Gasteiger partial charge in [0.05, 0.1) is 28.1 Å². The molecule has 8 nitrogen and oxygen atoms in total. The van der Waals surface area contributed by atoms with E-state index in [1.54, 1.807) is 46.2 Å². The Morgan fingerprint density at radius 2 is 1.77 bits per heavy atom. The first kappa shape index (κ1) is 31.0. The van der Waals surface area contributed by atoms with Gasteiger partial charge in [-0.25, -0.2) is 0 Å². The predicted molar refractivity (Wildman–Crippen MR) is 166 cm³/mol. The van der Waals surface area contributed by atoms with Gasteiger partial charge in [-0.2, -0.15) is 0 Å². The van der Waals surface area contributed by atoms with Crippen LogP contribution in [0.4, 0.5) is 5.69 Å². The summed E-state index contributed by atoms with van der Waals surface area (Å²) in [5.74, 6) is -2.38. The molecule has 228 valence electrons. The molecule has 43 heavy (non-hydrogen) atoms. The number of aliphatic hydroxyl groups is 1. The number of aliphatic hydroxyl groups excluding tert-OH is 1. The fourth-order valence-corrected chi connectivity index (χ4v) is 7.74. The first-order chi connectivity index (χ1) is 20.8. The van der Waals surface area contributed by atoms with E-state index in [1.807, 2.05) is 37.3 Å². The fraction of sp³-hybridized carbons (Fsp3) is 0.441. The number of likely N-dealkylation sites (tertiary alicyclic amines) is 1. The number of carbonyl (C=O) groups is 3. The molecule has 3 fully saturated rings. The normalized spacial score (nSPS) is 27.2. The van der Waals surface area contributed by atoms with Crippen LogP contribution in [0.1, 0.15) is 38.2 Å². The minimum atomic E-state index is -1.19. The average Bonchev–Trinajstić information content (AvgIpc) is 3.62. The third-order valence-electron chi connectivity index (χ3n) is 9.34. The van der Waals surface area contributed by atoms with Crippen LogP contribution in [0.15, 0.2) is 79.9 Å². The highest BCUT2D eigenvalue weighted by Crippen LogP contribution is 2.64. The average molecular weight is 606 g/mol. The van der Waals surface area contributed by atoms with Crippen molar-refractivity contribution >= 4 is 35.0 Å². The molecule has 0 saturated carbocycles. The van der Waals surface area contributed by atoms with E-state index in [4.69, 9.17) is 16.3 Å². The molecule has 3 amide bonds. The Bertz CT molecular complexity index is 1390. The molecule has 2 unspecified atom stereocenters. The molecule has 0 aliphatic carbocycles. The fourth-order valence-electron chi connectivity index (χ4n) is 7.50. The zero-order valence-electron chi connectivity index (χ0n) is 24.7. The molecule has 3 aliphatic heterocycles. The van der Waals surface area contributed by atoms with Gasteiger partial charge >= 0.3 is 0 Å². The number of fused-ring (bicyclic) bond motifs is 1. The maximum absolute atomic E-state index is 14.7. The Labute approximate surface area is 258 Å². The summed E-state index contributed by atoms with van der Waals surface area (Å²) in [4.78, 5) is 48.5. The lowest BCUT2D eigenvalue weighted by molar-refractivity contribution is -0.151. The summed E-state index contributed by atoms with van der Waals surface area (Å²) in [6.07, 6.45) is 5.16. The largest absolute Gasteiger partial charge is 0.396 e. The van der Waals surface area contributed by atoms with Crippen molar-refractivity contribution in [3.63, 3.8) is 0 Å². The van der Waals surface area contributed by atoms with Gasteiger partial charge in [-0.3, -0.25) is 14.4 Å². The van der Waals surface area contributed by atoms with Crippen LogP contribution in [-0.4, -0.2) is 76.1 Å². The predicted octanol–water partition coefficient (Wildman–Crippen LogP) is 4.61. The number of anilines is 1. The summed E-state index contributed by atoms with van der Waals surface area (Å²) in [6, 6.07) is 15.8. The Kier molecular flexibility index (Phi) is 9.11. The van der Waals surface area contributed by atoms with Crippen LogP contribution in [0.2, 0.25) is 5.02 Å². The molecule has 3 heterocycles. The van der Waals surface area contributed by atoms with E-state index < -0.39 is 29.1 Å². The van der Waals surface area contributed by atoms with Crippen molar-refractivity contribution in [3.8, 4) is 0 Å². The number of amides is 3. The molecule has 3 aliphatic rings. The minimum absolute atomic E-state index is 0.143. The van der Waals surface area contributed by atoms with E-state index in [9.17, 15) is 19.5 Å². The highest BCUT2D eigenvalue weighted by molar-refractivity contribution is 6.34. The zero-order valence-corrected chi connectivity index (χ0v) is 25.4. The van der Waals surface area contributed by atoms with Crippen molar-refractivity contribution < 1.29 is 24.2 Å². The summed E-state index contributed by atoms with van der Waals surface area (Å²) in [7, 11) is 0. The summed E-state index contributed by atoms with van der Waals surface area (Å²) in [6.45, 7) is 10.6. The van der Waals surface area contributed by atoms with Gasteiger partial charge in [-0.05, 0) is 43.4 Å². The SMILES string of the molecule is C=CCN(Cc1ccccc1)C(=O)[C@@H]1[C@H]2C(=O)N(CCCO)C(C(=O)N(CC=C)c3ccccc3Cl)C23CC[C@@]1(CC)O3. The van der Waals surface area contributed by atoms with E-state index >= 15 is 0 Å². The number of benzene rings is 2.